The van der Waals surface area contributed by atoms with E-state index >= 15 is 0 Å². The van der Waals surface area contributed by atoms with E-state index in [4.69, 9.17) is 16.3 Å². The molecule has 0 aromatic carbocycles. The van der Waals surface area contributed by atoms with Crippen LogP contribution >= 0.6 is 34.2 Å². The predicted octanol–water partition coefficient (Wildman–Crippen LogP) is 4.59. The summed E-state index contributed by atoms with van der Waals surface area (Å²) in [5.74, 6) is 0.979. The number of nitrogens with zero attached hydrogens (tertiary/aromatic N) is 2. The highest BCUT2D eigenvalue weighted by atomic mass is 127. The van der Waals surface area contributed by atoms with Crippen molar-refractivity contribution in [3.8, 4) is 0 Å². The maximum Gasteiger partial charge on any atom is 0.159 e. The summed E-state index contributed by atoms with van der Waals surface area (Å²) in [4.78, 5) is 9.02. The van der Waals surface area contributed by atoms with Crippen LogP contribution in [-0.4, -0.2) is 17.1 Å². The Morgan fingerprint density at radius 3 is 2.17 bits per heavy atom. The maximum absolute atomic E-state index is 6.20. The summed E-state index contributed by atoms with van der Waals surface area (Å²) in [6, 6.07) is 0. The fourth-order valence-electron chi connectivity index (χ4n) is 1.80. The molecule has 1 heterocycles. The van der Waals surface area contributed by atoms with Crippen molar-refractivity contribution in [3.63, 3.8) is 0 Å². The first kappa shape index (κ1) is 16.1. The Morgan fingerprint density at radius 2 is 1.78 bits per heavy atom. The lowest BCUT2D eigenvalue weighted by atomic mass is 9.88. The second-order valence-electron chi connectivity index (χ2n) is 5.71. The number of halogens is 2. The molecule has 0 spiro atoms. The van der Waals surface area contributed by atoms with Crippen LogP contribution in [0.25, 0.3) is 0 Å². The molecular weight excluding hydrogens is 363 g/mol. The molecule has 102 valence electrons. The highest BCUT2D eigenvalue weighted by Gasteiger charge is 2.30. The molecule has 1 aromatic heterocycles. The Morgan fingerprint density at radius 1 is 1.22 bits per heavy atom. The minimum absolute atomic E-state index is 0.0703. The summed E-state index contributed by atoms with van der Waals surface area (Å²) in [5, 5.41) is 0.510. The van der Waals surface area contributed by atoms with E-state index in [1.165, 1.54) is 0 Å². The first-order valence-corrected chi connectivity index (χ1v) is 7.39. The van der Waals surface area contributed by atoms with Crippen molar-refractivity contribution in [2.45, 2.75) is 46.6 Å². The quantitative estimate of drug-likeness (QED) is 0.566. The van der Waals surface area contributed by atoms with Gasteiger partial charge in [-0.25, -0.2) is 9.97 Å². The third-order valence-corrected chi connectivity index (χ3v) is 4.31. The highest BCUT2D eigenvalue weighted by Crippen LogP contribution is 2.35. The number of aromatic nitrogens is 2. The van der Waals surface area contributed by atoms with Crippen molar-refractivity contribution in [1.82, 2.24) is 9.97 Å². The van der Waals surface area contributed by atoms with Gasteiger partial charge in [-0.15, -0.1) is 0 Å². The van der Waals surface area contributed by atoms with Crippen molar-refractivity contribution in [1.29, 1.82) is 0 Å². The summed E-state index contributed by atoms with van der Waals surface area (Å²) in [7, 11) is 1.68. The van der Waals surface area contributed by atoms with Crippen molar-refractivity contribution in [3.05, 3.63) is 20.2 Å². The van der Waals surface area contributed by atoms with Crippen LogP contribution in [0.4, 0.5) is 0 Å². The van der Waals surface area contributed by atoms with Gasteiger partial charge < -0.3 is 4.74 Å². The summed E-state index contributed by atoms with van der Waals surface area (Å²) in [5.41, 5.74) is 0.913. The van der Waals surface area contributed by atoms with Gasteiger partial charge >= 0.3 is 0 Å². The molecule has 0 fully saturated rings. The minimum atomic E-state index is -0.163. The SMILES string of the molecule is COC(c1nc(Cl)c(I)c(C(C)C)n1)C(C)(C)C. The highest BCUT2D eigenvalue weighted by molar-refractivity contribution is 14.1. The molecule has 1 atom stereocenters. The molecule has 1 aromatic rings. The van der Waals surface area contributed by atoms with E-state index in [1.54, 1.807) is 7.11 Å². The van der Waals surface area contributed by atoms with Crippen molar-refractivity contribution in [2.24, 2.45) is 5.41 Å². The van der Waals surface area contributed by atoms with Crippen LogP contribution in [0.3, 0.4) is 0 Å². The normalized spacial score (nSPS) is 14.1. The van der Waals surface area contributed by atoms with Crippen molar-refractivity contribution in [2.75, 3.05) is 7.11 Å². The molecule has 18 heavy (non-hydrogen) atoms. The Bertz CT molecular complexity index is 430. The Labute approximate surface area is 128 Å². The molecule has 0 bridgehead atoms. The first-order valence-electron chi connectivity index (χ1n) is 5.94. The zero-order valence-corrected chi connectivity index (χ0v) is 14.6. The van der Waals surface area contributed by atoms with Gasteiger partial charge in [-0.3, -0.25) is 0 Å². The molecule has 0 aliphatic carbocycles. The van der Waals surface area contributed by atoms with Crippen molar-refractivity contribution < 1.29 is 4.74 Å². The number of methoxy groups -OCH3 is 1. The van der Waals surface area contributed by atoms with Crippen LogP contribution < -0.4 is 0 Å². The van der Waals surface area contributed by atoms with Gasteiger partial charge in [0.05, 0.1) is 9.26 Å². The standard InChI is InChI=1S/C13H20ClIN2O/c1-7(2)9-8(15)11(14)17-12(16-9)10(18-6)13(3,4)5/h7,10H,1-6H3. The molecule has 0 amide bonds. The van der Waals surface area contributed by atoms with E-state index in [-0.39, 0.29) is 11.5 Å². The van der Waals surface area contributed by atoms with Gasteiger partial charge in [-0.1, -0.05) is 46.2 Å². The average molecular weight is 383 g/mol. The lowest BCUT2D eigenvalue weighted by Gasteiger charge is -2.28. The van der Waals surface area contributed by atoms with Crippen LogP contribution in [-0.2, 0) is 4.74 Å². The third-order valence-electron chi connectivity index (χ3n) is 2.66. The minimum Gasteiger partial charge on any atom is -0.373 e. The molecule has 3 nitrogen and oxygen atoms in total. The lowest BCUT2D eigenvalue weighted by molar-refractivity contribution is 0.00844. The van der Waals surface area contributed by atoms with Crippen molar-refractivity contribution >= 4 is 34.2 Å². The zero-order chi connectivity index (χ0) is 14.1. The molecule has 1 rings (SSSR count). The van der Waals surface area contributed by atoms with Crippen LogP contribution in [0.5, 0.6) is 0 Å². The first-order chi connectivity index (χ1) is 8.18. The number of rotatable bonds is 3. The molecule has 0 N–H and O–H groups in total. The van der Waals surface area contributed by atoms with Gasteiger partial charge in [0.1, 0.15) is 11.3 Å². The Hall–Kier alpha value is 0.0600. The monoisotopic (exact) mass is 382 g/mol. The molecule has 5 heteroatoms. The molecule has 0 saturated carbocycles. The Balaban J connectivity index is 3.34. The number of ether oxygens (including phenoxy) is 1. The van der Waals surface area contributed by atoms with Crippen LogP contribution in [0.15, 0.2) is 0 Å². The second kappa shape index (κ2) is 6.01. The molecule has 0 aliphatic heterocycles. The summed E-state index contributed by atoms with van der Waals surface area (Å²) < 4.78 is 6.47. The van der Waals surface area contributed by atoms with E-state index in [2.05, 4.69) is 67.2 Å². The maximum atomic E-state index is 6.20. The third kappa shape index (κ3) is 3.54. The van der Waals surface area contributed by atoms with Gasteiger partial charge in [0, 0.05) is 7.11 Å². The molecule has 0 aliphatic rings. The van der Waals surface area contributed by atoms with E-state index in [9.17, 15) is 0 Å². The Kier molecular flexibility index (Phi) is 5.38. The summed E-state index contributed by atoms with van der Waals surface area (Å²) in [6.07, 6.45) is -0.163. The molecule has 1 unspecified atom stereocenters. The van der Waals surface area contributed by atoms with Gasteiger partial charge in [0.25, 0.3) is 0 Å². The summed E-state index contributed by atoms with van der Waals surface area (Å²) >= 11 is 8.40. The largest absolute Gasteiger partial charge is 0.373 e. The number of hydrogen-bond acceptors (Lipinski definition) is 3. The van der Waals surface area contributed by atoms with Gasteiger partial charge in [-0.05, 0) is 33.9 Å². The van der Waals surface area contributed by atoms with E-state index in [1.807, 2.05) is 0 Å². The van der Waals surface area contributed by atoms with Gasteiger partial charge in [0.2, 0.25) is 0 Å². The fraction of sp³-hybridized carbons (Fsp3) is 0.692. The van der Waals surface area contributed by atoms with E-state index in [0.717, 1.165) is 9.26 Å². The topological polar surface area (TPSA) is 35.0 Å². The van der Waals surface area contributed by atoms with Crippen LogP contribution in [0.2, 0.25) is 5.15 Å². The van der Waals surface area contributed by atoms with E-state index < -0.39 is 0 Å². The zero-order valence-electron chi connectivity index (χ0n) is 11.7. The average Bonchev–Trinajstić information content (AvgIpc) is 2.21. The van der Waals surface area contributed by atoms with Crippen LogP contribution in [0.1, 0.15) is 58.2 Å². The van der Waals surface area contributed by atoms with Gasteiger partial charge in [0.15, 0.2) is 5.82 Å². The molecular formula is C13H20ClIN2O. The predicted molar refractivity (Wildman–Crippen MR) is 83.1 cm³/mol. The van der Waals surface area contributed by atoms with E-state index in [0.29, 0.717) is 16.9 Å². The smallest absolute Gasteiger partial charge is 0.159 e. The lowest BCUT2D eigenvalue weighted by Crippen LogP contribution is -2.23. The van der Waals surface area contributed by atoms with Gasteiger partial charge in [-0.2, -0.15) is 0 Å². The second-order valence-corrected chi connectivity index (χ2v) is 7.15. The molecule has 0 radical (unpaired) electrons. The molecule has 0 saturated heterocycles. The fourth-order valence-corrected chi connectivity index (χ4v) is 2.85. The van der Waals surface area contributed by atoms with Crippen LogP contribution in [0, 0.1) is 8.99 Å². The number of hydrogen-bond donors (Lipinski definition) is 0. The summed E-state index contributed by atoms with van der Waals surface area (Å²) in [6.45, 7) is 10.5.